The van der Waals surface area contributed by atoms with E-state index in [4.69, 9.17) is 5.11 Å². The Kier molecular flexibility index (Phi) is 4.63. The first-order valence-electron chi connectivity index (χ1n) is 5.99. The first-order chi connectivity index (χ1) is 9.58. The van der Waals surface area contributed by atoms with Crippen molar-refractivity contribution in [2.75, 3.05) is 0 Å². The van der Waals surface area contributed by atoms with Crippen LogP contribution in [-0.4, -0.2) is 15.3 Å². The average molecular weight is 292 g/mol. The molecule has 2 rings (SSSR count). The van der Waals surface area contributed by atoms with Gasteiger partial charge in [0.1, 0.15) is 5.82 Å². The smallest absolute Gasteiger partial charge is 0.307 e. The highest BCUT2D eigenvalue weighted by atomic mass is 32.2. The number of hydrogen-bond donors (Lipinski definition) is 1. The number of carboxylic acids is 1. The van der Waals surface area contributed by atoms with E-state index in [2.05, 4.69) is 0 Å². The van der Waals surface area contributed by atoms with E-state index in [0.29, 0.717) is 11.1 Å². The Hall–Kier alpha value is -2.01. The molecular formula is C15H13FO3S. The van der Waals surface area contributed by atoms with E-state index in [1.807, 2.05) is 0 Å². The Labute approximate surface area is 118 Å². The molecular weight excluding hydrogens is 279 g/mol. The second kappa shape index (κ2) is 6.43. The molecule has 0 saturated heterocycles. The van der Waals surface area contributed by atoms with Gasteiger partial charge in [0.2, 0.25) is 0 Å². The Morgan fingerprint density at radius 1 is 1.05 bits per heavy atom. The third kappa shape index (κ3) is 3.51. The van der Waals surface area contributed by atoms with Crippen molar-refractivity contribution in [1.82, 2.24) is 0 Å². The van der Waals surface area contributed by atoms with Crippen molar-refractivity contribution >= 4 is 16.8 Å². The Morgan fingerprint density at radius 2 is 1.65 bits per heavy atom. The summed E-state index contributed by atoms with van der Waals surface area (Å²) in [6.45, 7) is 0. The van der Waals surface area contributed by atoms with Crippen LogP contribution in [0.1, 0.15) is 11.1 Å². The van der Waals surface area contributed by atoms with Crippen molar-refractivity contribution in [1.29, 1.82) is 0 Å². The molecule has 1 N–H and O–H groups in total. The monoisotopic (exact) mass is 292 g/mol. The van der Waals surface area contributed by atoms with Gasteiger partial charge in [-0.05, 0) is 23.3 Å². The van der Waals surface area contributed by atoms with Crippen molar-refractivity contribution in [3.8, 4) is 0 Å². The summed E-state index contributed by atoms with van der Waals surface area (Å²) in [5.74, 6) is -1.36. The highest BCUT2D eigenvalue weighted by Gasteiger charge is 2.13. The summed E-state index contributed by atoms with van der Waals surface area (Å²) in [6, 6.07) is 12.8. The van der Waals surface area contributed by atoms with Crippen LogP contribution in [0, 0.1) is 5.82 Å². The summed E-state index contributed by atoms with van der Waals surface area (Å²) in [7, 11) is -1.54. The van der Waals surface area contributed by atoms with E-state index in [1.54, 1.807) is 30.3 Å². The van der Waals surface area contributed by atoms with Crippen LogP contribution in [0.15, 0.2) is 53.4 Å². The Morgan fingerprint density at radius 3 is 2.30 bits per heavy atom. The van der Waals surface area contributed by atoms with Gasteiger partial charge in [0.25, 0.3) is 0 Å². The number of aliphatic carboxylic acids is 1. The zero-order valence-corrected chi connectivity index (χ0v) is 11.4. The van der Waals surface area contributed by atoms with Gasteiger partial charge in [0.15, 0.2) is 0 Å². The second-order valence-corrected chi connectivity index (χ2v) is 5.68. The molecule has 0 fully saturated rings. The fourth-order valence-electron chi connectivity index (χ4n) is 1.88. The number of carboxylic acid groups (broad SMARTS) is 1. The standard InChI is InChI=1S/C15H13FO3S/c16-13-7-3-4-8-14(13)20(19)10-12-6-2-1-5-11(12)9-15(17)18/h1-8H,9-10H2,(H,17,18). The SMILES string of the molecule is O=C(O)Cc1ccccc1CS(=O)c1ccccc1F. The van der Waals surface area contributed by atoms with Gasteiger partial charge in [0.05, 0.1) is 27.9 Å². The highest BCUT2D eigenvalue weighted by molar-refractivity contribution is 7.84. The highest BCUT2D eigenvalue weighted by Crippen LogP contribution is 2.18. The van der Waals surface area contributed by atoms with Crippen molar-refractivity contribution < 1.29 is 18.5 Å². The van der Waals surface area contributed by atoms with Crippen LogP contribution >= 0.6 is 0 Å². The van der Waals surface area contributed by atoms with Gasteiger partial charge in [0, 0.05) is 0 Å². The maximum Gasteiger partial charge on any atom is 0.307 e. The minimum absolute atomic E-state index is 0.102. The molecule has 2 aromatic rings. The van der Waals surface area contributed by atoms with Gasteiger partial charge in [-0.1, -0.05) is 36.4 Å². The molecule has 0 aliphatic rings. The lowest BCUT2D eigenvalue weighted by Gasteiger charge is -2.08. The largest absolute Gasteiger partial charge is 0.481 e. The topological polar surface area (TPSA) is 54.4 Å². The van der Waals surface area contributed by atoms with Crippen molar-refractivity contribution in [3.63, 3.8) is 0 Å². The third-order valence-electron chi connectivity index (χ3n) is 2.83. The number of rotatable bonds is 5. The van der Waals surface area contributed by atoms with Crippen LogP contribution < -0.4 is 0 Å². The number of benzene rings is 2. The molecule has 1 unspecified atom stereocenters. The molecule has 0 saturated carbocycles. The molecule has 0 aromatic heterocycles. The van der Waals surface area contributed by atoms with Crippen molar-refractivity contribution in [2.45, 2.75) is 17.1 Å². The number of hydrogen-bond acceptors (Lipinski definition) is 2. The fourth-order valence-corrected chi connectivity index (χ4v) is 3.12. The maximum absolute atomic E-state index is 13.6. The number of carbonyl (C=O) groups is 1. The van der Waals surface area contributed by atoms with Crippen LogP contribution in [-0.2, 0) is 27.8 Å². The number of halogens is 1. The van der Waals surface area contributed by atoms with E-state index < -0.39 is 22.6 Å². The van der Waals surface area contributed by atoms with Crippen LogP contribution in [0.3, 0.4) is 0 Å². The van der Waals surface area contributed by atoms with Crippen molar-refractivity contribution in [2.24, 2.45) is 0 Å². The first kappa shape index (κ1) is 14.4. The quantitative estimate of drug-likeness (QED) is 0.922. The predicted octanol–water partition coefficient (Wildman–Crippen LogP) is 2.76. The molecule has 0 spiro atoms. The minimum atomic E-state index is -1.54. The van der Waals surface area contributed by atoms with Crippen LogP contribution in [0.4, 0.5) is 4.39 Å². The van der Waals surface area contributed by atoms with Crippen LogP contribution in [0.25, 0.3) is 0 Å². The zero-order chi connectivity index (χ0) is 14.5. The molecule has 20 heavy (non-hydrogen) atoms. The summed E-state index contributed by atoms with van der Waals surface area (Å²) < 4.78 is 25.8. The van der Waals surface area contributed by atoms with E-state index >= 15 is 0 Å². The van der Waals surface area contributed by atoms with E-state index in [0.717, 1.165) is 0 Å². The molecule has 2 aromatic carbocycles. The van der Waals surface area contributed by atoms with Gasteiger partial charge in [-0.2, -0.15) is 0 Å². The zero-order valence-electron chi connectivity index (χ0n) is 10.6. The summed E-state index contributed by atoms with van der Waals surface area (Å²) in [5.41, 5.74) is 1.26. The van der Waals surface area contributed by atoms with Gasteiger partial charge in [-0.25, -0.2) is 4.39 Å². The molecule has 0 aliphatic carbocycles. The summed E-state index contributed by atoms with van der Waals surface area (Å²) in [4.78, 5) is 10.9. The van der Waals surface area contributed by atoms with Gasteiger partial charge < -0.3 is 5.11 Å². The summed E-state index contributed by atoms with van der Waals surface area (Å²) >= 11 is 0. The third-order valence-corrected chi connectivity index (χ3v) is 4.22. The van der Waals surface area contributed by atoms with Crippen LogP contribution in [0.2, 0.25) is 0 Å². The Balaban J connectivity index is 2.24. The molecule has 0 aliphatic heterocycles. The van der Waals surface area contributed by atoms with Gasteiger partial charge >= 0.3 is 5.97 Å². The van der Waals surface area contributed by atoms with E-state index in [9.17, 15) is 13.4 Å². The van der Waals surface area contributed by atoms with E-state index in [1.165, 1.54) is 18.2 Å². The lowest BCUT2D eigenvalue weighted by atomic mass is 10.1. The Bertz CT molecular complexity index is 655. The molecule has 0 bridgehead atoms. The van der Waals surface area contributed by atoms with Crippen LogP contribution in [0.5, 0.6) is 0 Å². The molecule has 0 amide bonds. The maximum atomic E-state index is 13.6. The molecule has 0 radical (unpaired) electrons. The average Bonchev–Trinajstić information content (AvgIpc) is 2.41. The van der Waals surface area contributed by atoms with Gasteiger partial charge in [-0.3, -0.25) is 9.00 Å². The fraction of sp³-hybridized carbons (Fsp3) is 0.133. The lowest BCUT2D eigenvalue weighted by Crippen LogP contribution is -2.06. The first-order valence-corrected chi connectivity index (χ1v) is 7.31. The molecule has 3 nitrogen and oxygen atoms in total. The normalized spacial score (nSPS) is 12.1. The predicted molar refractivity (Wildman–Crippen MR) is 74.3 cm³/mol. The summed E-state index contributed by atoms with van der Waals surface area (Å²) in [5, 5.41) is 8.85. The van der Waals surface area contributed by atoms with E-state index in [-0.39, 0.29) is 17.1 Å². The second-order valence-electron chi connectivity index (χ2n) is 4.26. The molecule has 0 heterocycles. The summed E-state index contributed by atoms with van der Waals surface area (Å²) in [6.07, 6.45) is -0.134. The van der Waals surface area contributed by atoms with Gasteiger partial charge in [-0.15, -0.1) is 0 Å². The molecule has 1 atom stereocenters. The van der Waals surface area contributed by atoms with Crippen molar-refractivity contribution in [3.05, 3.63) is 65.5 Å². The minimum Gasteiger partial charge on any atom is -0.481 e. The lowest BCUT2D eigenvalue weighted by molar-refractivity contribution is -0.136. The molecule has 104 valence electrons. The molecule has 5 heteroatoms.